The molecule has 0 unspecified atom stereocenters. The number of aromatic nitrogens is 3. The SMILES string of the molecule is CCc1cccc2c1ncc1c(=O)n(CC)c(=O)n(C3CCCC3)c12. The summed E-state index contributed by atoms with van der Waals surface area (Å²) in [5.74, 6) is 0. The van der Waals surface area contributed by atoms with Gasteiger partial charge in [0, 0.05) is 24.2 Å². The first-order valence-electron chi connectivity index (χ1n) is 9.23. The first kappa shape index (κ1) is 16.1. The molecule has 0 saturated heterocycles. The summed E-state index contributed by atoms with van der Waals surface area (Å²) < 4.78 is 3.23. The van der Waals surface area contributed by atoms with Crippen LogP contribution in [-0.4, -0.2) is 14.1 Å². The third kappa shape index (κ3) is 2.33. The minimum Gasteiger partial charge on any atom is -0.289 e. The van der Waals surface area contributed by atoms with E-state index in [0.29, 0.717) is 11.9 Å². The Morgan fingerprint density at radius 3 is 2.56 bits per heavy atom. The van der Waals surface area contributed by atoms with Gasteiger partial charge in [-0.3, -0.25) is 18.9 Å². The Morgan fingerprint density at radius 2 is 1.88 bits per heavy atom. The van der Waals surface area contributed by atoms with Crippen molar-refractivity contribution in [2.75, 3.05) is 0 Å². The Kier molecular flexibility index (Phi) is 3.94. The van der Waals surface area contributed by atoms with Crippen molar-refractivity contribution >= 4 is 21.8 Å². The summed E-state index contributed by atoms with van der Waals surface area (Å²) >= 11 is 0. The smallest absolute Gasteiger partial charge is 0.289 e. The minimum atomic E-state index is -0.229. The van der Waals surface area contributed by atoms with Gasteiger partial charge in [-0.15, -0.1) is 0 Å². The van der Waals surface area contributed by atoms with Crippen LogP contribution in [0.2, 0.25) is 0 Å². The van der Waals surface area contributed by atoms with Gasteiger partial charge < -0.3 is 0 Å². The molecular formula is C20H23N3O2. The second-order valence-corrected chi connectivity index (χ2v) is 6.83. The van der Waals surface area contributed by atoms with E-state index in [-0.39, 0.29) is 17.3 Å². The lowest BCUT2D eigenvalue weighted by molar-refractivity contribution is 0.483. The number of hydrogen-bond acceptors (Lipinski definition) is 3. The van der Waals surface area contributed by atoms with Crippen LogP contribution in [0.5, 0.6) is 0 Å². The third-order valence-corrected chi connectivity index (χ3v) is 5.49. The quantitative estimate of drug-likeness (QED) is 0.688. The number of hydrogen-bond donors (Lipinski definition) is 0. The fraction of sp³-hybridized carbons (Fsp3) is 0.450. The summed E-state index contributed by atoms with van der Waals surface area (Å²) in [6.45, 7) is 4.32. The van der Waals surface area contributed by atoms with Crippen LogP contribution in [0.15, 0.2) is 34.0 Å². The summed E-state index contributed by atoms with van der Waals surface area (Å²) in [7, 11) is 0. The van der Waals surface area contributed by atoms with Gasteiger partial charge in [0.05, 0.1) is 16.4 Å². The molecule has 25 heavy (non-hydrogen) atoms. The second-order valence-electron chi connectivity index (χ2n) is 6.83. The molecule has 0 aliphatic heterocycles. The predicted molar refractivity (Wildman–Crippen MR) is 100 cm³/mol. The molecule has 0 bridgehead atoms. The van der Waals surface area contributed by atoms with Crippen molar-refractivity contribution < 1.29 is 0 Å². The number of para-hydroxylation sites is 1. The van der Waals surface area contributed by atoms with E-state index in [1.165, 1.54) is 4.57 Å². The molecular weight excluding hydrogens is 314 g/mol. The van der Waals surface area contributed by atoms with E-state index in [4.69, 9.17) is 0 Å². The Bertz CT molecular complexity index is 1070. The molecule has 0 N–H and O–H groups in total. The molecule has 0 radical (unpaired) electrons. The van der Waals surface area contributed by atoms with Gasteiger partial charge >= 0.3 is 5.69 Å². The van der Waals surface area contributed by atoms with Crippen LogP contribution in [0, 0.1) is 0 Å². The Balaban J connectivity index is 2.24. The van der Waals surface area contributed by atoms with Crippen molar-refractivity contribution in [3.05, 3.63) is 50.8 Å². The van der Waals surface area contributed by atoms with Gasteiger partial charge in [-0.1, -0.05) is 38.0 Å². The van der Waals surface area contributed by atoms with E-state index in [1.807, 2.05) is 23.6 Å². The molecule has 130 valence electrons. The zero-order valence-electron chi connectivity index (χ0n) is 14.8. The number of rotatable bonds is 3. The highest BCUT2D eigenvalue weighted by atomic mass is 16.2. The van der Waals surface area contributed by atoms with Gasteiger partial charge in [0.2, 0.25) is 0 Å². The van der Waals surface area contributed by atoms with Crippen LogP contribution in [-0.2, 0) is 13.0 Å². The molecule has 0 atom stereocenters. The fourth-order valence-electron chi connectivity index (χ4n) is 4.21. The molecule has 2 aromatic heterocycles. The zero-order valence-corrected chi connectivity index (χ0v) is 14.8. The standard InChI is InChI=1S/C20H23N3O2/c1-3-13-8-7-11-15-17(13)21-12-16-18(15)23(14-9-5-6-10-14)20(25)22(4-2)19(16)24/h7-8,11-12,14H,3-6,9-10H2,1-2H3. The lowest BCUT2D eigenvalue weighted by Gasteiger charge is -2.20. The van der Waals surface area contributed by atoms with Gasteiger partial charge in [0.25, 0.3) is 5.56 Å². The van der Waals surface area contributed by atoms with E-state index in [0.717, 1.165) is 54.1 Å². The van der Waals surface area contributed by atoms with Gasteiger partial charge in [0.1, 0.15) is 0 Å². The van der Waals surface area contributed by atoms with Crippen molar-refractivity contribution in [1.29, 1.82) is 0 Å². The Hall–Kier alpha value is -2.43. The van der Waals surface area contributed by atoms with Crippen LogP contribution in [0.25, 0.3) is 21.8 Å². The van der Waals surface area contributed by atoms with Gasteiger partial charge in [-0.25, -0.2) is 4.79 Å². The summed E-state index contributed by atoms with van der Waals surface area (Å²) in [4.78, 5) is 30.6. The van der Waals surface area contributed by atoms with Gasteiger partial charge in [0.15, 0.2) is 0 Å². The molecule has 5 nitrogen and oxygen atoms in total. The topological polar surface area (TPSA) is 56.9 Å². The molecule has 1 aliphatic carbocycles. The van der Waals surface area contributed by atoms with E-state index in [2.05, 4.69) is 18.0 Å². The average molecular weight is 337 g/mol. The largest absolute Gasteiger partial charge is 0.331 e. The van der Waals surface area contributed by atoms with Gasteiger partial charge in [-0.2, -0.15) is 0 Å². The van der Waals surface area contributed by atoms with Crippen LogP contribution in [0.1, 0.15) is 51.1 Å². The first-order chi connectivity index (χ1) is 12.2. The van der Waals surface area contributed by atoms with E-state index in [9.17, 15) is 9.59 Å². The number of pyridine rings is 1. The second kappa shape index (κ2) is 6.14. The number of fused-ring (bicyclic) bond motifs is 3. The Morgan fingerprint density at radius 1 is 1.12 bits per heavy atom. The molecule has 1 aliphatic rings. The monoisotopic (exact) mass is 337 g/mol. The average Bonchev–Trinajstić information content (AvgIpc) is 3.15. The molecule has 0 spiro atoms. The van der Waals surface area contributed by atoms with E-state index in [1.54, 1.807) is 6.20 Å². The van der Waals surface area contributed by atoms with Crippen molar-refractivity contribution in [2.45, 2.75) is 58.5 Å². The fourth-order valence-corrected chi connectivity index (χ4v) is 4.21. The lowest BCUT2D eigenvalue weighted by Crippen LogP contribution is -2.41. The van der Waals surface area contributed by atoms with Crippen LogP contribution >= 0.6 is 0 Å². The lowest BCUT2D eigenvalue weighted by atomic mass is 10.0. The normalized spacial score (nSPS) is 15.4. The summed E-state index contributed by atoms with van der Waals surface area (Å²) in [5, 5.41) is 1.47. The van der Waals surface area contributed by atoms with Crippen molar-refractivity contribution in [3.63, 3.8) is 0 Å². The highest BCUT2D eigenvalue weighted by Gasteiger charge is 2.24. The van der Waals surface area contributed by atoms with Crippen LogP contribution < -0.4 is 11.2 Å². The molecule has 1 saturated carbocycles. The van der Waals surface area contributed by atoms with E-state index < -0.39 is 0 Å². The summed E-state index contributed by atoms with van der Waals surface area (Å²) in [6.07, 6.45) is 6.79. The third-order valence-electron chi connectivity index (χ3n) is 5.49. The van der Waals surface area contributed by atoms with E-state index >= 15 is 0 Å². The molecule has 3 aromatic rings. The maximum atomic E-state index is 13.1. The predicted octanol–water partition coefficient (Wildman–Crippen LogP) is 3.41. The van der Waals surface area contributed by atoms with Crippen molar-refractivity contribution in [1.82, 2.24) is 14.1 Å². The molecule has 5 heteroatoms. The molecule has 1 fully saturated rings. The molecule has 0 amide bonds. The molecule has 4 rings (SSSR count). The highest BCUT2D eigenvalue weighted by molar-refractivity contribution is 6.04. The van der Waals surface area contributed by atoms with Gasteiger partial charge in [-0.05, 0) is 31.7 Å². The number of benzene rings is 1. The number of nitrogens with zero attached hydrogens (tertiary/aromatic N) is 3. The molecule has 2 heterocycles. The minimum absolute atomic E-state index is 0.171. The van der Waals surface area contributed by atoms with Crippen LogP contribution in [0.4, 0.5) is 0 Å². The first-order valence-corrected chi connectivity index (χ1v) is 9.23. The van der Waals surface area contributed by atoms with Crippen molar-refractivity contribution in [3.8, 4) is 0 Å². The number of aryl methyl sites for hydroxylation is 1. The van der Waals surface area contributed by atoms with Crippen LogP contribution in [0.3, 0.4) is 0 Å². The summed E-state index contributed by atoms with van der Waals surface area (Å²) in [6, 6.07) is 6.22. The van der Waals surface area contributed by atoms with Crippen molar-refractivity contribution in [2.24, 2.45) is 0 Å². The summed E-state index contributed by atoms with van der Waals surface area (Å²) in [5.41, 5.74) is 2.41. The zero-order chi connectivity index (χ0) is 17.6. The molecule has 1 aromatic carbocycles. The highest BCUT2D eigenvalue weighted by Crippen LogP contribution is 2.32. The maximum absolute atomic E-state index is 13.1. The maximum Gasteiger partial charge on any atom is 0.331 e. The Labute approximate surface area is 145 Å².